The summed E-state index contributed by atoms with van der Waals surface area (Å²) in [6.45, 7) is 2.30. The molecule has 100 valence electrons. The zero-order valence-corrected chi connectivity index (χ0v) is 11.2. The van der Waals surface area contributed by atoms with Gasteiger partial charge in [-0.25, -0.2) is 0 Å². The predicted molar refractivity (Wildman–Crippen MR) is 76.1 cm³/mol. The lowest BCUT2D eigenvalue weighted by Crippen LogP contribution is -2.37. The highest BCUT2D eigenvalue weighted by Crippen LogP contribution is 2.19. The van der Waals surface area contributed by atoms with Crippen molar-refractivity contribution < 1.29 is 4.79 Å². The summed E-state index contributed by atoms with van der Waals surface area (Å²) in [5.41, 5.74) is 6.58. The van der Waals surface area contributed by atoms with E-state index in [2.05, 4.69) is 22.3 Å². The first-order valence-corrected chi connectivity index (χ1v) is 6.09. The third-order valence-corrected chi connectivity index (χ3v) is 3.05. The Hall–Kier alpha value is -1.26. The van der Waals surface area contributed by atoms with E-state index in [1.54, 1.807) is 0 Å². The van der Waals surface area contributed by atoms with Crippen molar-refractivity contribution in [1.29, 1.82) is 0 Å². The molecule has 1 saturated heterocycles. The number of hydrogen-bond donors (Lipinski definition) is 2. The van der Waals surface area contributed by atoms with E-state index < -0.39 is 0 Å². The van der Waals surface area contributed by atoms with Crippen LogP contribution in [0.25, 0.3) is 0 Å². The van der Waals surface area contributed by atoms with Gasteiger partial charge in [-0.2, -0.15) is 0 Å². The fourth-order valence-corrected chi connectivity index (χ4v) is 2.18. The summed E-state index contributed by atoms with van der Waals surface area (Å²) in [6.07, 6.45) is 1.42. The number of nitrogens with one attached hydrogen (secondary N) is 1. The molecule has 5 heteroatoms. The highest BCUT2D eigenvalue weighted by Gasteiger charge is 2.23. The van der Waals surface area contributed by atoms with Crippen molar-refractivity contribution in [3.8, 4) is 0 Å². The highest BCUT2D eigenvalue weighted by molar-refractivity contribution is 5.85. The maximum absolute atomic E-state index is 11.4. The summed E-state index contributed by atoms with van der Waals surface area (Å²) >= 11 is 0. The van der Waals surface area contributed by atoms with Crippen molar-refractivity contribution >= 4 is 24.0 Å². The molecule has 1 atom stereocenters. The van der Waals surface area contributed by atoms with Crippen molar-refractivity contribution in [3.05, 3.63) is 30.3 Å². The van der Waals surface area contributed by atoms with Crippen LogP contribution >= 0.6 is 12.4 Å². The van der Waals surface area contributed by atoms with Crippen LogP contribution in [0.1, 0.15) is 12.8 Å². The van der Waals surface area contributed by atoms with Gasteiger partial charge in [0.25, 0.3) is 0 Å². The van der Waals surface area contributed by atoms with Crippen LogP contribution in [-0.2, 0) is 4.79 Å². The van der Waals surface area contributed by atoms with Crippen LogP contribution in [0, 0.1) is 0 Å². The lowest BCUT2D eigenvalue weighted by atomic mass is 10.2. The van der Waals surface area contributed by atoms with Crippen molar-refractivity contribution in [2.45, 2.75) is 18.9 Å². The number of benzene rings is 1. The molecule has 0 spiro atoms. The zero-order valence-electron chi connectivity index (χ0n) is 10.3. The van der Waals surface area contributed by atoms with E-state index in [-0.39, 0.29) is 24.4 Å². The summed E-state index contributed by atoms with van der Waals surface area (Å²) in [5.74, 6) is 0.0624. The van der Waals surface area contributed by atoms with Crippen LogP contribution in [0.3, 0.4) is 0 Å². The monoisotopic (exact) mass is 269 g/mol. The Labute approximate surface area is 114 Å². The number of amides is 1. The molecule has 1 aromatic carbocycles. The van der Waals surface area contributed by atoms with Gasteiger partial charge in [-0.05, 0) is 18.6 Å². The van der Waals surface area contributed by atoms with E-state index >= 15 is 0 Å². The highest BCUT2D eigenvalue weighted by atomic mass is 35.5. The Balaban J connectivity index is 0.00000162. The van der Waals surface area contributed by atoms with Crippen LogP contribution < -0.4 is 16.0 Å². The van der Waals surface area contributed by atoms with E-state index in [4.69, 9.17) is 5.73 Å². The van der Waals surface area contributed by atoms with Crippen LogP contribution in [0.15, 0.2) is 30.3 Å². The lowest BCUT2D eigenvalue weighted by Gasteiger charge is -2.18. The third kappa shape index (κ3) is 3.89. The molecule has 1 aliphatic rings. The molecule has 4 nitrogen and oxygen atoms in total. The Morgan fingerprint density at radius 2 is 2.11 bits per heavy atom. The van der Waals surface area contributed by atoms with Gasteiger partial charge in [0.1, 0.15) is 0 Å². The second-order valence-corrected chi connectivity index (χ2v) is 4.37. The number of anilines is 1. The molecule has 0 bridgehead atoms. The summed E-state index contributed by atoms with van der Waals surface area (Å²) in [5, 5.41) is 3.02. The van der Waals surface area contributed by atoms with Gasteiger partial charge in [-0.15, -0.1) is 12.4 Å². The first-order valence-electron chi connectivity index (χ1n) is 6.09. The van der Waals surface area contributed by atoms with E-state index in [9.17, 15) is 4.79 Å². The average molecular weight is 270 g/mol. The minimum Gasteiger partial charge on any atom is -0.369 e. The van der Waals surface area contributed by atoms with Crippen LogP contribution in [0.5, 0.6) is 0 Å². The van der Waals surface area contributed by atoms with Gasteiger partial charge in [-0.1, -0.05) is 18.2 Å². The van der Waals surface area contributed by atoms with Gasteiger partial charge < -0.3 is 16.0 Å². The smallest absolute Gasteiger partial charge is 0.221 e. The molecule has 18 heavy (non-hydrogen) atoms. The molecular weight excluding hydrogens is 250 g/mol. The molecule has 1 amide bonds. The van der Waals surface area contributed by atoms with Gasteiger partial charge in [0, 0.05) is 37.8 Å². The molecule has 0 saturated carbocycles. The lowest BCUT2D eigenvalue weighted by molar-refractivity contribution is -0.121. The topological polar surface area (TPSA) is 58.4 Å². The quantitative estimate of drug-likeness (QED) is 0.862. The molecule has 1 unspecified atom stereocenters. The maximum atomic E-state index is 11.4. The largest absolute Gasteiger partial charge is 0.369 e. The minimum absolute atomic E-state index is 0. The number of hydrogen-bond acceptors (Lipinski definition) is 3. The second kappa shape index (κ2) is 7.24. The van der Waals surface area contributed by atoms with Gasteiger partial charge in [0.05, 0.1) is 0 Å². The van der Waals surface area contributed by atoms with Crippen molar-refractivity contribution in [2.24, 2.45) is 5.73 Å². The predicted octanol–water partition coefficient (Wildman–Crippen LogP) is 1.15. The fraction of sp³-hybridized carbons (Fsp3) is 0.462. The van der Waals surface area contributed by atoms with Gasteiger partial charge in [0.2, 0.25) is 5.91 Å². The summed E-state index contributed by atoms with van der Waals surface area (Å²) in [7, 11) is 0. The van der Waals surface area contributed by atoms with Crippen LogP contribution in [0.4, 0.5) is 5.69 Å². The van der Waals surface area contributed by atoms with E-state index in [1.165, 1.54) is 5.69 Å². The molecule has 3 N–H and O–H groups in total. The van der Waals surface area contributed by atoms with E-state index in [0.717, 1.165) is 19.5 Å². The molecule has 1 fully saturated rings. The second-order valence-electron chi connectivity index (χ2n) is 4.37. The SMILES string of the molecule is Cl.NCCC(=O)NC1CCN(c2ccccc2)C1. The van der Waals surface area contributed by atoms with Crippen molar-refractivity contribution in [2.75, 3.05) is 24.5 Å². The molecule has 1 aliphatic heterocycles. The number of rotatable bonds is 4. The number of halogens is 1. The summed E-state index contributed by atoms with van der Waals surface area (Å²) in [4.78, 5) is 13.7. The van der Waals surface area contributed by atoms with Crippen LogP contribution in [0.2, 0.25) is 0 Å². The Kier molecular flexibility index (Phi) is 5.95. The molecule has 0 aliphatic carbocycles. The van der Waals surface area contributed by atoms with E-state index in [1.807, 2.05) is 18.2 Å². The molecule has 2 rings (SSSR count). The Morgan fingerprint density at radius 1 is 1.39 bits per heavy atom. The first-order chi connectivity index (χ1) is 8.29. The third-order valence-electron chi connectivity index (χ3n) is 3.05. The fourth-order valence-electron chi connectivity index (χ4n) is 2.18. The standard InChI is InChI=1S/C13H19N3O.ClH/c14-8-6-13(17)15-11-7-9-16(10-11)12-4-2-1-3-5-12;/h1-5,11H,6-10,14H2,(H,15,17);1H. The summed E-state index contributed by atoms with van der Waals surface area (Å²) < 4.78 is 0. The number of nitrogens with two attached hydrogens (primary N) is 1. The molecule has 0 radical (unpaired) electrons. The van der Waals surface area contributed by atoms with Crippen molar-refractivity contribution in [3.63, 3.8) is 0 Å². The maximum Gasteiger partial charge on any atom is 0.221 e. The van der Waals surface area contributed by atoms with Gasteiger partial charge >= 0.3 is 0 Å². The molecular formula is C13H20ClN3O. The zero-order chi connectivity index (χ0) is 12.1. The van der Waals surface area contributed by atoms with Gasteiger partial charge in [0.15, 0.2) is 0 Å². The number of carbonyl (C=O) groups excluding carboxylic acids is 1. The minimum atomic E-state index is 0. The van der Waals surface area contributed by atoms with Gasteiger partial charge in [-0.3, -0.25) is 4.79 Å². The van der Waals surface area contributed by atoms with Crippen LogP contribution in [-0.4, -0.2) is 31.6 Å². The average Bonchev–Trinajstić information content (AvgIpc) is 2.79. The number of carbonyl (C=O) groups is 1. The van der Waals surface area contributed by atoms with Crippen molar-refractivity contribution in [1.82, 2.24) is 5.32 Å². The summed E-state index contributed by atoms with van der Waals surface area (Å²) in [6, 6.07) is 10.5. The number of para-hydroxylation sites is 1. The first kappa shape index (κ1) is 14.8. The molecule has 0 aromatic heterocycles. The Bertz CT molecular complexity index is 372. The molecule has 1 aromatic rings. The van der Waals surface area contributed by atoms with E-state index in [0.29, 0.717) is 13.0 Å². The Morgan fingerprint density at radius 3 is 2.78 bits per heavy atom. The molecule has 1 heterocycles. The number of nitrogens with zero attached hydrogens (tertiary/aromatic N) is 1. The normalized spacial score (nSPS) is 18.3.